The van der Waals surface area contributed by atoms with Crippen LogP contribution in [0.4, 0.5) is 38.1 Å². The predicted octanol–water partition coefficient (Wildman–Crippen LogP) is 1.93. The Labute approximate surface area is 206 Å². The second-order valence-corrected chi connectivity index (χ2v) is 8.56. The zero-order chi connectivity index (χ0) is 26.8. The number of piperazine rings is 1. The first-order chi connectivity index (χ1) is 17.4. The Kier molecular flexibility index (Phi) is 7.57. The van der Waals surface area contributed by atoms with Gasteiger partial charge in [0.15, 0.2) is 0 Å². The summed E-state index contributed by atoms with van der Waals surface area (Å²) in [6, 6.07) is 0.264. The zero-order valence-corrected chi connectivity index (χ0v) is 19.3. The Balaban J connectivity index is 1.33. The third-order valence-corrected chi connectivity index (χ3v) is 6.19. The summed E-state index contributed by atoms with van der Waals surface area (Å²) in [6.07, 6.45) is -7.56. The molecule has 0 bridgehead atoms. The van der Waals surface area contributed by atoms with Crippen LogP contribution in [0, 0.1) is 0 Å². The van der Waals surface area contributed by atoms with Crippen molar-refractivity contribution in [3.05, 3.63) is 39.9 Å². The Morgan fingerprint density at radius 1 is 1.03 bits per heavy atom. The van der Waals surface area contributed by atoms with Crippen LogP contribution >= 0.6 is 0 Å². The molecule has 2 aromatic heterocycles. The maximum Gasteiger partial charge on any atom is 0.421 e. The van der Waals surface area contributed by atoms with Gasteiger partial charge in [0.05, 0.1) is 24.8 Å². The molecule has 0 saturated carbocycles. The molecule has 37 heavy (non-hydrogen) atoms. The van der Waals surface area contributed by atoms with Gasteiger partial charge in [-0.2, -0.15) is 31.4 Å². The lowest BCUT2D eigenvalue weighted by molar-refractivity contribution is -0.139. The summed E-state index contributed by atoms with van der Waals surface area (Å²) in [7, 11) is 0. The fourth-order valence-corrected chi connectivity index (χ4v) is 4.18. The van der Waals surface area contributed by atoms with Crippen LogP contribution in [0.1, 0.15) is 24.0 Å². The van der Waals surface area contributed by atoms with Gasteiger partial charge in [-0.05, 0) is 6.42 Å². The molecule has 2 aromatic rings. The number of nitrogens with one attached hydrogen (secondary N) is 1. The molecule has 0 aromatic carbocycles. The van der Waals surface area contributed by atoms with E-state index in [1.165, 1.54) is 0 Å². The number of morpholine rings is 1. The smallest absolute Gasteiger partial charge is 0.377 e. The summed E-state index contributed by atoms with van der Waals surface area (Å²) in [6.45, 7) is 1.94. The first-order valence-corrected chi connectivity index (χ1v) is 11.4. The summed E-state index contributed by atoms with van der Waals surface area (Å²) in [5.41, 5.74) is -3.64. The maximum atomic E-state index is 13.2. The van der Waals surface area contributed by atoms with E-state index in [1.807, 2.05) is 5.10 Å². The van der Waals surface area contributed by atoms with Crippen LogP contribution in [-0.4, -0.2) is 83.0 Å². The number of nitrogens with zero attached hydrogens (tertiary/aromatic N) is 6. The van der Waals surface area contributed by atoms with Crippen LogP contribution in [0.5, 0.6) is 0 Å². The van der Waals surface area contributed by atoms with Gasteiger partial charge in [-0.15, -0.1) is 0 Å². The summed E-state index contributed by atoms with van der Waals surface area (Å²) >= 11 is 0. The summed E-state index contributed by atoms with van der Waals surface area (Å²) < 4.78 is 83.0. The standard InChI is InChI=1S/C21H23F6N7O3/c22-20(23,24)13-10-28-19(29-11-13)33-5-3-32(4-6-33)17(35)2-1-14-12-37-8-7-34(14)16-9-15(21(25,26)27)18(36)31-30-16/h9-11,14H,1-8,12H2,(H,31,36). The topological polar surface area (TPSA) is 108 Å². The van der Waals surface area contributed by atoms with Crippen LogP contribution < -0.4 is 15.4 Å². The van der Waals surface area contributed by atoms with Gasteiger partial charge in [0.1, 0.15) is 11.4 Å². The van der Waals surface area contributed by atoms with Crippen molar-refractivity contribution in [3.63, 3.8) is 0 Å². The number of aromatic nitrogens is 4. The average molecular weight is 535 g/mol. The quantitative estimate of drug-likeness (QED) is 0.579. The second kappa shape index (κ2) is 10.5. The van der Waals surface area contributed by atoms with E-state index in [0.29, 0.717) is 44.6 Å². The van der Waals surface area contributed by atoms with E-state index in [0.717, 1.165) is 0 Å². The largest absolute Gasteiger partial charge is 0.421 e. The highest BCUT2D eigenvalue weighted by atomic mass is 19.4. The zero-order valence-electron chi connectivity index (χ0n) is 19.3. The molecular formula is C21H23F6N7O3. The van der Waals surface area contributed by atoms with E-state index in [4.69, 9.17) is 4.74 Å². The number of amides is 1. The predicted molar refractivity (Wildman–Crippen MR) is 117 cm³/mol. The molecule has 0 aliphatic carbocycles. The number of carbonyl (C=O) groups excluding carboxylic acids is 1. The molecule has 202 valence electrons. The van der Waals surface area contributed by atoms with Gasteiger partial charge in [-0.3, -0.25) is 9.59 Å². The van der Waals surface area contributed by atoms with Crippen molar-refractivity contribution >= 4 is 17.7 Å². The summed E-state index contributed by atoms with van der Waals surface area (Å²) in [5, 5.41) is 5.64. The highest BCUT2D eigenvalue weighted by molar-refractivity contribution is 5.76. The van der Waals surface area contributed by atoms with Crippen molar-refractivity contribution in [2.75, 3.05) is 55.7 Å². The minimum Gasteiger partial charge on any atom is -0.377 e. The van der Waals surface area contributed by atoms with Crippen molar-refractivity contribution < 1.29 is 35.9 Å². The third kappa shape index (κ3) is 6.29. The van der Waals surface area contributed by atoms with Crippen LogP contribution in [0.25, 0.3) is 0 Å². The number of hydrogen-bond acceptors (Lipinski definition) is 8. The fraction of sp³-hybridized carbons (Fsp3) is 0.571. The highest BCUT2D eigenvalue weighted by Crippen LogP contribution is 2.30. The normalized spacial score (nSPS) is 19.3. The first kappa shape index (κ1) is 26.6. The molecule has 10 nitrogen and oxygen atoms in total. The molecule has 4 rings (SSSR count). The minimum atomic E-state index is -4.84. The van der Waals surface area contributed by atoms with Crippen LogP contribution in [0.3, 0.4) is 0 Å². The molecule has 2 aliphatic heterocycles. The molecular weight excluding hydrogens is 512 g/mol. The number of hydrogen-bond donors (Lipinski definition) is 1. The van der Waals surface area contributed by atoms with Gasteiger partial charge in [-0.1, -0.05) is 0 Å². The van der Waals surface area contributed by atoms with Gasteiger partial charge in [0.2, 0.25) is 11.9 Å². The third-order valence-electron chi connectivity index (χ3n) is 6.19. The molecule has 1 atom stereocenters. The van der Waals surface area contributed by atoms with E-state index in [9.17, 15) is 35.9 Å². The number of rotatable bonds is 5. The average Bonchev–Trinajstić information content (AvgIpc) is 2.87. The number of anilines is 2. The maximum absolute atomic E-state index is 13.2. The van der Waals surface area contributed by atoms with E-state index >= 15 is 0 Å². The first-order valence-electron chi connectivity index (χ1n) is 11.4. The molecule has 2 saturated heterocycles. The lowest BCUT2D eigenvalue weighted by Gasteiger charge is -2.37. The van der Waals surface area contributed by atoms with Gasteiger partial charge in [-0.25, -0.2) is 15.1 Å². The molecule has 1 unspecified atom stereocenters. The Hall–Kier alpha value is -3.43. The van der Waals surface area contributed by atoms with Crippen molar-refractivity contribution in [2.45, 2.75) is 31.2 Å². The number of alkyl halides is 6. The van der Waals surface area contributed by atoms with Crippen molar-refractivity contribution in [2.24, 2.45) is 0 Å². The highest BCUT2D eigenvalue weighted by Gasteiger charge is 2.36. The number of ether oxygens (including phenoxy) is 1. The van der Waals surface area contributed by atoms with Gasteiger partial charge in [0, 0.05) is 57.6 Å². The molecule has 1 N–H and O–H groups in total. The molecule has 0 radical (unpaired) electrons. The lowest BCUT2D eigenvalue weighted by atomic mass is 10.1. The van der Waals surface area contributed by atoms with Crippen LogP contribution in [0.2, 0.25) is 0 Å². The number of halogens is 6. The number of H-pyrrole nitrogens is 1. The lowest BCUT2D eigenvalue weighted by Crippen LogP contribution is -2.50. The van der Waals surface area contributed by atoms with Gasteiger partial charge in [0.25, 0.3) is 5.56 Å². The number of aromatic amines is 1. The van der Waals surface area contributed by atoms with Gasteiger partial charge < -0.3 is 19.4 Å². The van der Waals surface area contributed by atoms with Crippen LogP contribution in [-0.2, 0) is 21.9 Å². The Morgan fingerprint density at radius 3 is 2.32 bits per heavy atom. The van der Waals surface area contributed by atoms with E-state index < -0.39 is 35.1 Å². The molecule has 2 aliphatic rings. The molecule has 16 heteroatoms. The van der Waals surface area contributed by atoms with Crippen molar-refractivity contribution in [1.82, 2.24) is 25.1 Å². The van der Waals surface area contributed by atoms with Gasteiger partial charge >= 0.3 is 12.4 Å². The number of carbonyl (C=O) groups is 1. The molecule has 0 spiro atoms. The molecule has 4 heterocycles. The summed E-state index contributed by atoms with van der Waals surface area (Å²) in [4.78, 5) is 36.8. The second-order valence-electron chi connectivity index (χ2n) is 8.56. The van der Waals surface area contributed by atoms with E-state index in [2.05, 4.69) is 15.1 Å². The van der Waals surface area contributed by atoms with Crippen LogP contribution in [0.15, 0.2) is 23.3 Å². The molecule has 1 amide bonds. The fourth-order valence-electron chi connectivity index (χ4n) is 4.18. The Bertz CT molecular complexity index is 1150. The summed E-state index contributed by atoms with van der Waals surface area (Å²) in [5.74, 6) is -0.0940. The van der Waals surface area contributed by atoms with E-state index in [-0.39, 0.29) is 50.3 Å². The van der Waals surface area contributed by atoms with Crippen molar-refractivity contribution in [1.29, 1.82) is 0 Å². The van der Waals surface area contributed by atoms with E-state index in [1.54, 1.807) is 14.7 Å². The monoisotopic (exact) mass is 535 g/mol. The SMILES string of the molecule is O=C(CCC1COCCN1c1cc(C(F)(F)F)c(=O)[nH]n1)N1CCN(c2ncc(C(F)(F)F)cn2)CC1. The molecule has 2 fully saturated rings. The Morgan fingerprint density at radius 2 is 1.70 bits per heavy atom. The minimum absolute atomic E-state index is 0.0576. The van der Waals surface area contributed by atoms with Crippen molar-refractivity contribution in [3.8, 4) is 0 Å².